The van der Waals surface area contributed by atoms with Gasteiger partial charge in [0.25, 0.3) is 0 Å². The van der Waals surface area contributed by atoms with Crippen LogP contribution >= 0.6 is 0 Å². The van der Waals surface area contributed by atoms with E-state index in [-0.39, 0.29) is 36.0 Å². The van der Waals surface area contributed by atoms with Gasteiger partial charge in [0.05, 0.1) is 32.0 Å². The highest BCUT2D eigenvalue weighted by molar-refractivity contribution is 5.89. The van der Waals surface area contributed by atoms with E-state index in [1.807, 2.05) is 6.08 Å². The van der Waals surface area contributed by atoms with Crippen molar-refractivity contribution in [2.24, 2.45) is 5.92 Å². The second kappa shape index (κ2) is 12.7. The maximum Gasteiger partial charge on any atom is 0.407 e. The molecule has 0 radical (unpaired) electrons. The lowest BCUT2D eigenvalue weighted by Gasteiger charge is -2.44. The third-order valence-electron chi connectivity index (χ3n) is 5.63. The zero-order valence-electron chi connectivity index (χ0n) is 19.1. The number of carbonyl (C=O) groups excluding carboxylic acids is 3. The predicted molar refractivity (Wildman–Crippen MR) is 115 cm³/mol. The molecule has 9 nitrogen and oxygen atoms in total. The average Bonchev–Trinajstić information content (AvgIpc) is 2.73. The molecular formula is C22H37N3O6. The molecule has 1 fully saturated rings. The number of piperidine rings is 1. The van der Waals surface area contributed by atoms with E-state index >= 15 is 0 Å². The fourth-order valence-electron chi connectivity index (χ4n) is 4.29. The third kappa shape index (κ3) is 7.81. The van der Waals surface area contributed by atoms with E-state index in [2.05, 4.69) is 22.5 Å². The minimum Gasteiger partial charge on any atom is -0.463 e. The zero-order valence-corrected chi connectivity index (χ0v) is 19.1. The molecule has 1 aliphatic heterocycles. The van der Waals surface area contributed by atoms with Crippen molar-refractivity contribution in [3.05, 3.63) is 11.6 Å². The lowest BCUT2D eigenvalue weighted by Crippen LogP contribution is -2.58. The molecule has 0 aromatic rings. The Kier molecular flexibility index (Phi) is 10.3. The molecule has 2 aliphatic rings. The number of amides is 2. The van der Waals surface area contributed by atoms with Gasteiger partial charge in [-0.25, -0.2) is 9.59 Å². The number of rotatable bonds is 9. The molecule has 0 bridgehead atoms. The molecule has 2 rings (SSSR count). The van der Waals surface area contributed by atoms with E-state index in [1.54, 1.807) is 13.8 Å². The summed E-state index contributed by atoms with van der Waals surface area (Å²) in [6, 6.07) is -0.184. The quantitative estimate of drug-likeness (QED) is 0.415. The van der Waals surface area contributed by atoms with Crippen molar-refractivity contribution in [2.75, 3.05) is 39.5 Å². The van der Waals surface area contributed by atoms with Gasteiger partial charge in [-0.3, -0.25) is 9.69 Å². The Bertz CT molecular complexity index is 653. The van der Waals surface area contributed by atoms with Crippen LogP contribution in [0.5, 0.6) is 0 Å². The van der Waals surface area contributed by atoms with E-state index in [4.69, 9.17) is 14.2 Å². The Balaban J connectivity index is 2.02. The van der Waals surface area contributed by atoms with Crippen molar-refractivity contribution >= 4 is 18.0 Å². The zero-order chi connectivity index (χ0) is 22.8. The Hall–Kier alpha value is -2.13. The lowest BCUT2D eigenvalue weighted by molar-refractivity contribution is -0.139. The predicted octanol–water partition coefficient (Wildman–Crippen LogP) is 1.62. The van der Waals surface area contributed by atoms with Crippen molar-refractivity contribution in [1.29, 1.82) is 0 Å². The molecule has 1 saturated heterocycles. The van der Waals surface area contributed by atoms with Gasteiger partial charge in [0.2, 0.25) is 5.91 Å². The van der Waals surface area contributed by atoms with Crippen molar-refractivity contribution in [2.45, 2.75) is 65.1 Å². The molecule has 1 heterocycles. The van der Waals surface area contributed by atoms with Crippen molar-refractivity contribution in [3.63, 3.8) is 0 Å². The molecule has 0 spiro atoms. The molecule has 2 unspecified atom stereocenters. The first-order valence-electron chi connectivity index (χ1n) is 11.3. The number of nitrogens with zero attached hydrogens (tertiary/aromatic N) is 1. The fourth-order valence-corrected chi connectivity index (χ4v) is 4.29. The van der Waals surface area contributed by atoms with Crippen LogP contribution in [0.25, 0.3) is 0 Å². The number of alkyl carbamates (subject to hydrolysis) is 1. The topological polar surface area (TPSA) is 106 Å². The highest BCUT2D eigenvalue weighted by Gasteiger charge is 2.38. The third-order valence-corrected chi connectivity index (χ3v) is 5.63. The van der Waals surface area contributed by atoms with Gasteiger partial charge in [-0.1, -0.05) is 13.0 Å². The molecule has 0 saturated carbocycles. The summed E-state index contributed by atoms with van der Waals surface area (Å²) in [6.45, 7) is 10.1. The van der Waals surface area contributed by atoms with E-state index < -0.39 is 6.09 Å². The number of esters is 1. The van der Waals surface area contributed by atoms with Gasteiger partial charge in [-0.2, -0.15) is 0 Å². The van der Waals surface area contributed by atoms with Crippen LogP contribution in [-0.4, -0.2) is 80.5 Å². The first kappa shape index (κ1) is 25.1. The summed E-state index contributed by atoms with van der Waals surface area (Å²) in [5.74, 6) is -0.256. The van der Waals surface area contributed by atoms with Crippen LogP contribution in [0.15, 0.2) is 11.6 Å². The van der Waals surface area contributed by atoms with Gasteiger partial charge >= 0.3 is 12.1 Å². The Labute approximate surface area is 184 Å². The van der Waals surface area contributed by atoms with Gasteiger partial charge in [0, 0.05) is 31.6 Å². The van der Waals surface area contributed by atoms with E-state index in [0.29, 0.717) is 44.9 Å². The SMILES string of the molecule is CCOC(=O)NCCO[C@H]1CCCN(C2C=C(C(=O)OCC)CC(C)[C@H]2NC(C)=O)C1. The molecule has 176 valence electrons. The number of hydrogen-bond donors (Lipinski definition) is 2. The summed E-state index contributed by atoms with van der Waals surface area (Å²) in [4.78, 5) is 37.9. The van der Waals surface area contributed by atoms with Crippen molar-refractivity contribution < 1.29 is 28.6 Å². The molecule has 9 heteroatoms. The normalized spacial score (nSPS) is 26.5. The maximum absolute atomic E-state index is 12.4. The lowest BCUT2D eigenvalue weighted by atomic mass is 9.81. The van der Waals surface area contributed by atoms with Crippen LogP contribution in [0.1, 0.15) is 47.0 Å². The van der Waals surface area contributed by atoms with Gasteiger partial charge in [0.1, 0.15) is 0 Å². The van der Waals surface area contributed by atoms with Gasteiger partial charge < -0.3 is 24.8 Å². The molecular weight excluding hydrogens is 402 g/mol. The molecule has 0 aromatic heterocycles. The molecule has 2 N–H and O–H groups in total. The minimum atomic E-state index is -0.442. The number of ether oxygens (including phenoxy) is 3. The van der Waals surface area contributed by atoms with Crippen molar-refractivity contribution in [3.8, 4) is 0 Å². The fraction of sp³-hybridized carbons (Fsp3) is 0.773. The Morgan fingerprint density at radius 2 is 1.94 bits per heavy atom. The van der Waals surface area contributed by atoms with Crippen LogP contribution in [0.4, 0.5) is 4.79 Å². The molecule has 1 aliphatic carbocycles. The molecule has 4 atom stereocenters. The molecule has 2 amide bonds. The minimum absolute atomic E-state index is 0.0207. The second-order valence-corrected chi connectivity index (χ2v) is 8.09. The number of nitrogens with one attached hydrogen (secondary N) is 2. The van der Waals surface area contributed by atoms with E-state index in [1.165, 1.54) is 6.92 Å². The Morgan fingerprint density at radius 1 is 1.19 bits per heavy atom. The van der Waals surface area contributed by atoms with Gasteiger partial charge in [-0.15, -0.1) is 0 Å². The molecule has 31 heavy (non-hydrogen) atoms. The maximum atomic E-state index is 12.4. The van der Waals surface area contributed by atoms with Crippen LogP contribution in [0, 0.1) is 5.92 Å². The van der Waals surface area contributed by atoms with E-state index in [9.17, 15) is 14.4 Å². The van der Waals surface area contributed by atoms with Crippen LogP contribution in [-0.2, 0) is 23.8 Å². The second-order valence-electron chi connectivity index (χ2n) is 8.09. The monoisotopic (exact) mass is 439 g/mol. The number of likely N-dealkylation sites (tertiary alicyclic amines) is 1. The summed E-state index contributed by atoms with van der Waals surface area (Å²) in [5, 5.41) is 5.74. The van der Waals surface area contributed by atoms with E-state index in [0.717, 1.165) is 19.4 Å². The Morgan fingerprint density at radius 3 is 2.61 bits per heavy atom. The van der Waals surface area contributed by atoms with Crippen LogP contribution in [0.2, 0.25) is 0 Å². The van der Waals surface area contributed by atoms with Gasteiger partial charge in [-0.05, 0) is 45.6 Å². The smallest absolute Gasteiger partial charge is 0.407 e. The van der Waals surface area contributed by atoms with Crippen LogP contribution in [0.3, 0.4) is 0 Å². The first-order valence-corrected chi connectivity index (χ1v) is 11.3. The van der Waals surface area contributed by atoms with Crippen molar-refractivity contribution in [1.82, 2.24) is 15.5 Å². The molecule has 0 aromatic carbocycles. The average molecular weight is 440 g/mol. The van der Waals surface area contributed by atoms with Gasteiger partial charge in [0.15, 0.2) is 0 Å². The summed E-state index contributed by atoms with van der Waals surface area (Å²) in [7, 11) is 0. The highest BCUT2D eigenvalue weighted by atomic mass is 16.5. The van der Waals surface area contributed by atoms with Crippen LogP contribution < -0.4 is 10.6 Å². The first-order chi connectivity index (χ1) is 14.8. The summed E-state index contributed by atoms with van der Waals surface area (Å²) in [5.41, 5.74) is 0.669. The summed E-state index contributed by atoms with van der Waals surface area (Å²) in [6.07, 6.45) is 4.00. The largest absolute Gasteiger partial charge is 0.463 e. The highest BCUT2D eigenvalue weighted by Crippen LogP contribution is 2.30. The summed E-state index contributed by atoms with van der Waals surface area (Å²) < 4.78 is 16.0. The number of carbonyl (C=O) groups is 3. The standard InChI is InChI=1S/C22H37N3O6/c1-5-29-21(27)17-12-15(3)20(24-16(4)26)19(13-17)25-10-7-8-18(14-25)31-11-9-23-22(28)30-6-2/h13,15,18-20H,5-12,14H2,1-4H3,(H,23,28)(H,24,26)/t15?,18-,19?,20+/m0/s1. The number of hydrogen-bond acceptors (Lipinski definition) is 7. The summed E-state index contributed by atoms with van der Waals surface area (Å²) >= 11 is 0.